The summed E-state index contributed by atoms with van der Waals surface area (Å²) in [7, 11) is 0. The van der Waals surface area contributed by atoms with Crippen molar-refractivity contribution in [3.05, 3.63) is 66.0 Å². The van der Waals surface area contributed by atoms with Gasteiger partial charge in [0.2, 0.25) is 5.91 Å². The molecule has 0 fully saturated rings. The maximum atomic E-state index is 13.0. The van der Waals surface area contributed by atoms with Crippen molar-refractivity contribution in [2.45, 2.75) is 52.4 Å². The van der Waals surface area contributed by atoms with Gasteiger partial charge >= 0.3 is 0 Å². The molecule has 6 nitrogen and oxygen atoms in total. The Hall–Kier alpha value is -2.80. The minimum absolute atomic E-state index is 0.0623. The predicted octanol–water partition coefficient (Wildman–Crippen LogP) is 5.36. The molecule has 7 heteroatoms. The Kier molecular flexibility index (Phi) is 8.73. The van der Waals surface area contributed by atoms with Crippen molar-refractivity contribution in [3.63, 3.8) is 0 Å². The number of hydrogen-bond donors (Lipinski definition) is 0. The Morgan fingerprint density at radius 3 is 2.50 bits per heavy atom. The van der Waals surface area contributed by atoms with Gasteiger partial charge in [-0.1, -0.05) is 62.0 Å². The van der Waals surface area contributed by atoms with Gasteiger partial charge in [0.25, 0.3) is 0 Å². The number of aromatic nitrogens is 3. The van der Waals surface area contributed by atoms with Crippen LogP contribution in [0.4, 0.5) is 5.69 Å². The van der Waals surface area contributed by atoms with Crippen molar-refractivity contribution < 1.29 is 9.53 Å². The molecule has 1 amide bonds. The number of thioether (sulfide) groups is 1. The van der Waals surface area contributed by atoms with Crippen LogP contribution >= 0.6 is 11.8 Å². The summed E-state index contributed by atoms with van der Waals surface area (Å²) in [6.07, 6.45) is 1.00. The molecule has 0 N–H and O–H groups in total. The molecular weight excluding hydrogens is 420 g/mol. The summed E-state index contributed by atoms with van der Waals surface area (Å²) in [5, 5.41) is 9.50. The highest BCUT2D eigenvalue weighted by atomic mass is 32.2. The first kappa shape index (κ1) is 23.9. The van der Waals surface area contributed by atoms with E-state index < -0.39 is 0 Å². The van der Waals surface area contributed by atoms with Gasteiger partial charge in [-0.25, -0.2) is 0 Å². The lowest BCUT2D eigenvalue weighted by Gasteiger charge is -2.22. The summed E-state index contributed by atoms with van der Waals surface area (Å²) in [4.78, 5) is 14.8. The zero-order chi connectivity index (χ0) is 22.9. The molecule has 32 heavy (non-hydrogen) atoms. The van der Waals surface area contributed by atoms with Gasteiger partial charge in [-0.3, -0.25) is 4.79 Å². The van der Waals surface area contributed by atoms with Crippen molar-refractivity contribution in [1.29, 1.82) is 0 Å². The zero-order valence-electron chi connectivity index (χ0n) is 19.3. The first-order valence-corrected chi connectivity index (χ1v) is 12.1. The van der Waals surface area contributed by atoms with E-state index >= 15 is 0 Å². The second-order valence-corrected chi connectivity index (χ2v) is 8.99. The predicted molar refractivity (Wildman–Crippen MR) is 130 cm³/mol. The SMILES string of the molecule is CCN(C(=O)CSc1nnc(COc2ccccc2)n1CCC(C)C)c1ccccc1C. The molecule has 0 bridgehead atoms. The topological polar surface area (TPSA) is 60.3 Å². The Morgan fingerprint density at radius 1 is 1.09 bits per heavy atom. The molecule has 0 atom stereocenters. The van der Waals surface area contributed by atoms with Gasteiger partial charge in [-0.15, -0.1) is 10.2 Å². The molecule has 3 rings (SSSR count). The summed E-state index contributed by atoms with van der Waals surface area (Å²) in [6.45, 7) is 10.2. The molecule has 0 unspecified atom stereocenters. The van der Waals surface area contributed by atoms with Crippen molar-refractivity contribution in [2.75, 3.05) is 17.2 Å². The molecule has 1 heterocycles. The highest BCUT2D eigenvalue weighted by molar-refractivity contribution is 7.99. The maximum absolute atomic E-state index is 13.0. The highest BCUT2D eigenvalue weighted by Gasteiger charge is 2.19. The van der Waals surface area contributed by atoms with E-state index in [1.54, 1.807) is 0 Å². The summed E-state index contributed by atoms with van der Waals surface area (Å²) in [5.41, 5.74) is 2.05. The smallest absolute Gasteiger partial charge is 0.237 e. The van der Waals surface area contributed by atoms with Crippen LogP contribution in [-0.4, -0.2) is 33.0 Å². The number of nitrogens with zero attached hydrogens (tertiary/aromatic N) is 4. The Morgan fingerprint density at radius 2 is 1.81 bits per heavy atom. The van der Waals surface area contributed by atoms with Crippen LogP contribution in [0.25, 0.3) is 0 Å². The van der Waals surface area contributed by atoms with E-state index in [4.69, 9.17) is 4.74 Å². The molecule has 0 saturated heterocycles. The van der Waals surface area contributed by atoms with E-state index in [2.05, 4.69) is 28.6 Å². The largest absolute Gasteiger partial charge is 0.486 e. The number of para-hydroxylation sites is 2. The van der Waals surface area contributed by atoms with Crippen LogP contribution < -0.4 is 9.64 Å². The second-order valence-electron chi connectivity index (χ2n) is 8.05. The molecule has 3 aromatic rings. The van der Waals surface area contributed by atoms with Crippen LogP contribution in [0.2, 0.25) is 0 Å². The molecule has 0 spiro atoms. The lowest BCUT2D eigenvalue weighted by atomic mass is 10.1. The van der Waals surface area contributed by atoms with Crippen molar-refractivity contribution in [1.82, 2.24) is 14.8 Å². The Balaban J connectivity index is 1.71. The minimum atomic E-state index is 0.0623. The lowest BCUT2D eigenvalue weighted by Crippen LogP contribution is -2.32. The minimum Gasteiger partial charge on any atom is -0.486 e. The van der Waals surface area contributed by atoms with E-state index in [1.807, 2.05) is 73.3 Å². The summed E-state index contributed by atoms with van der Waals surface area (Å²) in [6, 6.07) is 17.7. The summed E-state index contributed by atoms with van der Waals surface area (Å²) < 4.78 is 7.99. The standard InChI is InChI=1S/C25H32N4O2S/c1-5-28(22-14-10-9-11-20(22)4)24(30)18-32-25-27-26-23(29(25)16-15-19(2)3)17-31-21-12-7-6-8-13-21/h6-14,19H,5,15-18H2,1-4H3. The van der Waals surface area contributed by atoms with E-state index in [-0.39, 0.29) is 5.91 Å². The van der Waals surface area contributed by atoms with Crippen LogP contribution in [0.5, 0.6) is 5.75 Å². The van der Waals surface area contributed by atoms with Crippen molar-refractivity contribution >= 4 is 23.4 Å². The van der Waals surface area contributed by atoms with Crippen LogP contribution in [0.15, 0.2) is 59.8 Å². The van der Waals surface area contributed by atoms with Crippen LogP contribution in [0.1, 0.15) is 38.6 Å². The third-order valence-corrected chi connectivity index (χ3v) is 6.13. The third kappa shape index (κ3) is 6.36. The van der Waals surface area contributed by atoms with E-state index in [0.29, 0.717) is 24.8 Å². The van der Waals surface area contributed by atoms with Crippen molar-refractivity contribution in [3.8, 4) is 5.75 Å². The summed E-state index contributed by atoms with van der Waals surface area (Å²) >= 11 is 1.44. The van der Waals surface area contributed by atoms with Gasteiger partial charge in [0.05, 0.1) is 5.75 Å². The average Bonchev–Trinajstić information content (AvgIpc) is 3.19. The third-order valence-electron chi connectivity index (χ3n) is 5.18. The monoisotopic (exact) mass is 452 g/mol. The lowest BCUT2D eigenvalue weighted by molar-refractivity contribution is -0.116. The van der Waals surface area contributed by atoms with E-state index in [1.165, 1.54) is 11.8 Å². The van der Waals surface area contributed by atoms with Gasteiger partial charge in [0.1, 0.15) is 12.4 Å². The fourth-order valence-electron chi connectivity index (χ4n) is 3.36. The van der Waals surface area contributed by atoms with Gasteiger partial charge in [-0.2, -0.15) is 0 Å². The zero-order valence-corrected chi connectivity index (χ0v) is 20.1. The summed E-state index contributed by atoms with van der Waals surface area (Å²) in [5.74, 6) is 2.49. The molecule has 1 aromatic heterocycles. The molecule has 170 valence electrons. The van der Waals surface area contributed by atoms with Crippen LogP contribution in [0, 0.1) is 12.8 Å². The quantitative estimate of drug-likeness (QED) is 0.367. The maximum Gasteiger partial charge on any atom is 0.237 e. The first-order valence-electron chi connectivity index (χ1n) is 11.1. The van der Waals surface area contributed by atoms with E-state index in [0.717, 1.165) is 40.9 Å². The number of amides is 1. The fraction of sp³-hybridized carbons (Fsp3) is 0.400. The van der Waals surface area contributed by atoms with Crippen molar-refractivity contribution in [2.24, 2.45) is 5.92 Å². The van der Waals surface area contributed by atoms with Gasteiger partial charge in [-0.05, 0) is 49.9 Å². The van der Waals surface area contributed by atoms with E-state index in [9.17, 15) is 4.79 Å². The van der Waals surface area contributed by atoms with Gasteiger partial charge in [0.15, 0.2) is 11.0 Å². The highest BCUT2D eigenvalue weighted by Crippen LogP contribution is 2.24. The Labute approximate surface area is 195 Å². The molecule has 0 aliphatic rings. The Bertz CT molecular complexity index is 1000. The molecule has 0 saturated carbocycles. The van der Waals surface area contributed by atoms with Gasteiger partial charge in [0, 0.05) is 18.8 Å². The normalized spacial score (nSPS) is 11.0. The van der Waals surface area contributed by atoms with Gasteiger partial charge < -0.3 is 14.2 Å². The average molecular weight is 453 g/mol. The number of carbonyl (C=O) groups excluding carboxylic acids is 1. The molecule has 0 aliphatic heterocycles. The second kappa shape index (κ2) is 11.7. The fourth-order valence-corrected chi connectivity index (χ4v) is 4.22. The molecular formula is C25H32N4O2S. The van der Waals surface area contributed by atoms with Crippen LogP contribution in [0.3, 0.4) is 0 Å². The number of benzene rings is 2. The molecule has 0 radical (unpaired) electrons. The number of carbonyl (C=O) groups is 1. The number of aryl methyl sites for hydroxylation is 1. The number of hydrogen-bond acceptors (Lipinski definition) is 5. The molecule has 2 aromatic carbocycles. The molecule has 0 aliphatic carbocycles. The van der Waals surface area contributed by atoms with Crippen LogP contribution in [-0.2, 0) is 17.9 Å². The number of rotatable bonds is 11. The number of ether oxygens (including phenoxy) is 1. The number of anilines is 1. The first-order chi connectivity index (χ1) is 15.5.